The average molecular weight is 474 g/mol. The maximum absolute atomic E-state index is 13.1. The SMILES string of the molecule is CN(CCCO)C(=O)c1c(NC=O)ccc(OS(=O)(=O)C(F)(F)F)c1Cc1ccccc1. The maximum Gasteiger partial charge on any atom is 0.534 e. The van der Waals surface area contributed by atoms with E-state index in [1.165, 1.54) is 11.9 Å². The van der Waals surface area contributed by atoms with Gasteiger partial charge in [0.15, 0.2) is 0 Å². The highest BCUT2D eigenvalue weighted by atomic mass is 32.2. The lowest BCUT2D eigenvalue weighted by atomic mass is 9.96. The second kappa shape index (κ2) is 10.5. The molecule has 8 nitrogen and oxygen atoms in total. The number of carbonyl (C=O) groups excluding carboxylic acids is 2. The predicted octanol–water partition coefficient (Wildman–Crippen LogP) is 2.53. The molecule has 2 aromatic carbocycles. The normalized spacial score (nSPS) is 11.7. The zero-order valence-corrected chi connectivity index (χ0v) is 17.7. The van der Waals surface area contributed by atoms with E-state index in [0.717, 1.165) is 12.1 Å². The summed E-state index contributed by atoms with van der Waals surface area (Å²) in [4.78, 5) is 25.4. The third kappa shape index (κ3) is 5.98. The summed E-state index contributed by atoms with van der Waals surface area (Å²) in [5.74, 6) is -1.40. The summed E-state index contributed by atoms with van der Waals surface area (Å²) < 4.78 is 66.5. The molecule has 0 spiro atoms. The van der Waals surface area contributed by atoms with E-state index >= 15 is 0 Å². The number of anilines is 1. The average Bonchev–Trinajstić information content (AvgIpc) is 2.73. The molecule has 0 aliphatic rings. The molecule has 2 aromatic rings. The molecule has 0 aromatic heterocycles. The van der Waals surface area contributed by atoms with Gasteiger partial charge in [-0.25, -0.2) is 0 Å². The first-order valence-electron chi connectivity index (χ1n) is 9.29. The van der Waals surface area contributed by atoms with Gasteiger partial charge in [0.05, 0.1) is 11.3 Å². The molecular formula is C20H21F3N2O6S. The molecule has 0 radical (unpaired) electrons. The van der Waals surface area contributed by atoms with Gasteiger partial charge < -0.3 is 19.5 Å². The van der Waals surface area contributed by atoms with Crippen LogP contribution in [0.4, 0.5) is 18.9 Å². The van der Waals surface area contributed by atoms with E-state index in [4.69, 9.17) is 5.11 Å². The molecule has 0 heterocycles. The van der Waals surface area contributed by atoms with Crippen molar-refractivity contribution in [2.24, 2.45) is 0 Å². The summed E-state index contributed by atoms with van der Waals surface area (Å²) in [6, 6.07) is 10.3. The van der Waals surface area contributed by atoms with Crippen LogP contribution in [-0.2, 0) is 21.3 Å². The van der Waals surface area contributed by atoms with Crippen LogP contribution < -0.4 is 9.50 Å². The topological polar surface area (TPSA) is 113 Å². The van der Waals surface area contributed by atoms with Crippen LogP contribution in [0.15, 0.2) is 42.5 Å². The summed E-state index contributed by atoms with van der Waals surface area (Å²) in [5, 5.41) is 11.3. The van der Waals surface area contributed by atoms with Gasteiger partial charge in [0, 0.05) is 32.2 Å². The predicted molar refractivity (Wildman–Crippen MR) is 110 cm³/mol. The van der Waals surface area contributed by atoms with Gasteiger partial charge in [0.2, 0.25) is 6.41 Å². The molecule has 0 saturated carbocycles. The minimum atomic E-state index is -6.02. The summed E-state index contributed by atoms with van der Waals surface area (Å²) >= 11 is 0. The van der Waals surface area contributed by atoms with E-state index in [1.807, 2.05) is 0 Å². The summed E-state index contributed by atoms with van der Waals surface area (Å²) in [7, 11) is -4.62. The number of benzene rings is 2. The number of halogens is 3. The quantitative estimate of drug-likeness (QED) is 0.311. The number of alkyl halides is 3. The highest BCUT2D eigenvalue weighted by Gasteiger charge is 2.49. The summed E-state index contributed by atoms with van der Waals surface area (Å²) in [6.45, 7) is -0.104. The molecule has 2 N–H and O–H groups in total. The monoisotopic (exact) mass is 474 g/mol. The van der Waals surface area contributed by atoms with E-state index < -0.39 is 27.3 Å². The van der Waals surface area contributed by atoms with Gasteiger partial charge in [0.1, 0.15) is 5.75 Å². The summed E-state index contributed by atoms with van der Waals surface area (Å²) in [6.07, 6.45) is 0.345. The number of hydrogen-bond acceptors (Lipinski definition) is 6. The van der Waals surface area contributed by atoms with E-state index in [9.17, 15) is 31.2 Å². The summed E-state index contributed by atoms with van der Waals surface area (Å²) in [5.41, 5.74) is -5.55. The minimum Gasteiger partial charge on any atom is -0.396 e. The van der Waals surface area contributed by atoms with Crippen molar-refractivity contribution < 1.29 is 40.5 Å². The number of nitrogens with one attached hydrogen (secondary N) is 1. The molecule has 12 heteroatoms. The lowest BCUT2D eigenvalue weighted by molar-refractivity contribution is -0.105. The van der Waals surface area contributed by atoms with Gasteiger partial charge in [-0.05, 0) is 24.1 Å². The van der Waals surface area contributed by atoms with Crippen molar-refractivity contribution in [2.45, 2.75) is 18.3 Å². The molecule has 2 rings (SSSR count). The lowest BCUT2D eigenvalue weighted by Crippen LogP contribution is -2.31. The molecule has 0 aliphatic carbocycles. The maximum atomic E-state index is 13.1. The Morgan fingerprint density at radius 2 is 1.84 bits per heavy atom. The number of aliphatic hydroxyl groups excluding tert-OH is 1. The van der Waals surface area contributed by atoms with Crippen LogP contribution in [0.5, 0.6) is 5.75 Å². The van der Waals surface area contributed by atoms with Crippen molar-refractivity contribution >= 4 is 28.1 Å². The Morgan fingerprint density at radius 3 is 2.41 bits per heavy atom. The highest BCUT2D eigenvalue weighted by molar-refractivity contribution is 7.88. The van der Waals surface area contributed by atoms with Crippen molar-refractivity contribution in [3.8, 4) is 5.75 Å². The molecule has 0 unspecified atom stereocenters. The van der Waals surface area contributed by atoms with Gasteiger partial charge in [-0.2, -0.15) is 21.6 Å². The molecule has 0 aliphatic heterocycles. The van der Waals surface area contributed by atoms with Crippen LogP contribution >= 0.6 is 0 Å². The van der Waals surface area contributed by atoms with Gasteiger partial charge in [-0.1, -0.05) is 30.3 Å². The Bertz CT molecular complexity index is 1060. The second-order valence-electron chi connectivity index (χ2n) is 6.68. The van der Waals surface area contributed by atoms with Crippen molar-refractivity contribution in [2.75, 3.05) is 25.5 Å². The van der Waals surface area contributed by atoms with Crippen LogP contribution in [0.25, 0.3) is 0 Å². The van der Waals surface area contributed by atoms with Crippen molar-refractivity contribution in [1.29, 1.82) is 0 Å². The molecule has 0 fully saturated rings. The lowest BCUT2D eigenvalue weighted by Gasteiger charge is -2.23. The molecule has 32 heavy (non-hydrogen) atoms. The van der Waals surface area contributed by atoms with Crippen molar-refractivity contribution in [3.63, 3.8) is 0 Å². The van der Waals surface area contributed by atoms with Crippen molar-refractivity contribution in [1.82, 2.24) is 4.90 Å². The number of amides is 2. The number of rotatable bonds is 10. The second-order valence-corrected chi connectivity index (χ2v) is 8.21. The largest absolute Gasteiger partial charge is 0.534 e. The Kier molecular flexibility index (Phi) is 8.22. The van der Waals surface area contributed by atoms with E-state index in [-0.39, 0.29) is 49.2 Å². The molecule has 0 atom stereocenters. The Morgan fingerprint density at radius 1 is 1.19 bits per heavy atom. The third-order valence-electron chi connectivity index (χ3n) is 4.40. The fourth-order valence-corrected chi connectivity index (χ4v) is 3.36. The number of aliphatic hydroxyl groups is 1. The number of hydrogen-bond donors (Lipinski definition) is 2. The molecule has 174 valence electrons. The first-order valence-corrected chi connectivity index (χ1v) is 10.7. The first kappa shape index (κ1) is 25.1. The third-order valence-corrected chi connectivity index (χ3v) is 5.37. The van der Waals surface area contributed by atoms with Gasteiger partial charge in [-0.3, -0.25) is 9.59 Å². The number of nitrogens with zero attached hydrogens (tertiary/aromatic N) is 1. The zero-order valence-electron chi connectivity index (χ0n) is 16.9. The van der Waals surface area contributed by atoms with Gasteiger partial charge in [0.25, 0.3) is 5.91 Å². The first-order chi connectivity index (χ1) is 15.0. The molecular weight excluding hydrogens is 453 g/mol. The van der Waals surface area contributed by atoms with Gasteiger partial charge in [-0.15, -0.1) is 0 Å². The zero-order chi connectivity index (χ0) is 23.9. The Labute approximate surface area is 182 Å². The smallest absolute Gasteiger partial charge is 0.396 e. The van der Waals surface area contributed by atoms with Crippen LogP contribution in [-0.4, -0.2) is 56.4 Å². The van der Waals surface area contributed by atoms with E-state index in [1.54, 1.807) is 30.3 Å². The van der Waals surface area contributed by atoms with E-state index in [2.05, 4.69) is 9.50 Å². The fraction of sp³-hybridized carbons (Fsp3) is 0.300. The van der Waals surface area contributed by atoms with Crippen molar-refractivity contribution in [3.05, 3.63) is 59.2 Å². The van der Waals surface area contributed by atoms with Crippen LogP contribution in [0.3, 0.4) is 0 Å². The van der Waals surface area contributed by atoms with Gasteiger partial charge >= 0.3 is 15.6 Å². The minimum absolute atomic E-state index is 0.0384. The molecule has 0 saturated heterocycles. The fourth-order valence-electron chi connectivity index (χ4n) is 2.88. The van der Waals surface area contributed by atoms with E-state index in [0.29, 0.717) is 5.56 Å². The number of carbonyl (C=O) groups is 2. The highest BCUT2D eigenvalue weighted by Crippen LogP contribution is 2.35. The molecule has 2 amide bonds. The Balaban J connectivity index is 2.70. The molecule has 0 bridgehead atoms. The van der Waals surface area contributed by atoms with Crippen LogP contribution in [0.1, 0.15) is 27.9 Å². The van der Waals surface area contributed by atoms with Crippen LogP contribution in [0, 0.1) is 0 Å². The van der Waals surface area contributed by atoms with Crippen LogP contribution in [0.2, 0.25) is 0 Å². The Hall–Kier alpha value is -3.12. The standard InChI is InChI=1S/C20H21F3N2O6S/c1-25(10-5-11-26)19(28)18-15(12-14-6-3-2-4-7-14)17(9-8-16(18)24-13-27)31-32(29,30)20(21,22)23/h2-4,6-9,13,26H,5,10-12H2,1H3,(H,24,27).